The minimum absolute atomic E-state index is 0.274. The largest absolute Gasteiger partial charge is 0.350 e. The van der Waals surface area contributed by atoms with Crippen molar-refractivity contribution >= 4 is 0 Å². The van der Waals surface area contributed by atoms with Gasteiger partial charge in [0.25, 0.3) is 0 Å². The fraction of sp³-hybridized carbons (Fsp3) is 0.333. The van der Waals surface area contributed by atoms with Crippen molar-refractivity contribution in [3.63, 3.8) is 0 Å². The summed E-state index contributed by atoms with van der Waals surface area (Å²) in [6.07, 6.45) is 3.92. The molecule has 0 bridgehead atoms. The minimum atomic E-state index is -0.539. The summed E-state index contributed by atoms with van der Waals surface area (Å²) in [5.74, 6) is -1.08. The molecule has 102 valence electrons. The van der Waals surface area contributed by atoms with Gasteiger partial charge in [0, 0.05) is 31.0 Å². The third-order valence-electron chi connectivity index (χ3n) is 3.07. The van der Waals surface area contributed by atoms with Crippen LogP contribution in [0.15, 0.2) is 36.7 Å². The Morgan fingerprint density at radius 2 is 1.89 bits per heavy atom. The summed E-state index contributed by atoms with van der Waals surface area (Å²) in [7, 11) is 0. The number of rotatable bonds is 5. The molecular formula is C15H18F2N2. The molecule has 1 atom stereocenters. The molecule has 1 aromatic heterocycles. The maximum Gasteiger partial charge on any atom is 0.126 e. The highest BCUT2D eigenvalue weighted by Crippen LogP contribution is 2.15. The van der Waals surface area contributed by atoms with Crippen LogP contribution in [0.4, 0.5) is 8.78 Å². The first-order valence-corrected chi connectivity index (χ1v) is 6.42. The van der Waals surface area contributed by atoms with Crippen LogP contribution in [-0.4, -0.2) is 11.1 Å². The Hall–Kier alpha value is -1.68. The van der Waals surface area contributed by atoms with E-state index in [4.69, 9.17) is 0 Å². The average molecular weight is 264 g/mol. The van der Waals surface area contributed by atoms with Gasteiger partial charge in [-0.15, -0.1) is 0 Å². The number of nitrogens with one attached hydrogen (secondary N) is 1. The van der Waals surface area contributed by atoms with E-state index in [0.717, 1.165) is 12.6 Å². The van der Waals surface area contributed by atoms with E-state index in [1.54, 1.807) is 0 Å². The molecule has 4 heteroatoms. The second kappa shape index (κ2) is 5.97. The molecule has 19 heavy (non-hydrogen) atoms. The van der Waals surface area contributed by atoms with Crippen LogP contribution in [0.1, 0.15) is 31.0 Å². The highest BCUT2D eigenvalue weighted by atomic mass is 19.1. The third kappa shape index (κ3) is 3.64. The Kier molecular flexibility index (Phi) is 4.32. The molecule has 2 rings (SSSR count). The van der Waals surface area contributed by atoms with Crippen molar-refractivity contribution in [2.24, 2.45) is 0 Å². The number of hydrogen-bond acceptors (Lipinski definition) is 1. The van der Waals surface area contributed by atoms with E-state index in [9.17, 15) is 8.78 Å². The van der Waals surface area contributed by atoms with E-state index in [2.05, 4.69) is 19.2 Å². The summed E-state index contributed by atoms with van der Waals surface area (Å²) < 4.78 is 28.1. The quantitative estimate of drug-likeness (QED) is 0.874. The lowest BCUT2D eigenvalue weighted by Gasteiger charge is -2.10. The van der Waals surface area contributed by atoms with Crippen LogP contribution in [0.3, 0.4) is 0 Å². The van der Waals surface area contributed by atoms with Gasteiger partial charge < -0.3 is 9.88 Å². The van der Waals surface area contributed by atoms with E-state index < -0.39 is 11.6 Å². The summed E-state index contributed by atoms with van der Waals surface area (Å²) in [6, 6.07) is 5.89. The van der Waals surface area contributed by atoms with Gasteiger partial charge in [-0.1, -0.05) is 6.92 Å². The lowest BCUT2D eigenvalue weighted by Crippen LogP contribution is -2.17. The molecule has 0 saturated carbocycles. The van der Waals surface area contributed by atoms with Gasteiger partial charge in [0.1, 0.15) is 11.6 Å². The second-order valence-electron chi connectivity index (χ2n) is 4.67. The molecule has 1 heterocycles. The number of aromatic nitrogens is 1. The average Bonchev–Trinajstić information content (AvgIpc) is 2.76. The van der Waals surface area contributed by atoms with Crippen LogP contribution < -0.4 is 5.32 Å². The molecule has 1 N–H and O–H groups in total. The fourth-order valence-corrected chi connectivity index (χ4v) is 2.15. The standard InChI is InChI=1S/C15H18F2N2/c1-3-18-11(2)13-4-5-19(10-13)9-12-6-14(16)8-15(17)7-12/h4-8,10-11,18H,3,9H2,1-2H3. The first kappa shape index (κ1) is 13.7. The zero-order valence-electron chi connectivity index (χ0n) is 11.2. The molecule has 0 amide bonds. The highest BCUT2D eigenvalue weighted by Gasteiger charge is 2.06. The lowest BCUT2D eigenvalue weighted by molar-refractivity contribution is 0.577. The Balaban J connectivity index is 2.11. The van der Waals surface area contributed by atoms with Crippen LogP contribution in [0.5, 0.6) is 0 Å². The summed E-state index contributed by atoms with van der Waals surface area (Å²) >= 11 is 0. The predicted octanol–water partition coefficient (Wildman–Crippen LogP) is 3.49. The molecule has 1 aromatic carbocycles. The van der Waals surface area contributed by atoms with Gasteiger partial charge in [0.15, 0.2) is 0 Å². The summed E-state index contributed by atoms with van der Waals surface area (Å²) in [5.41, 5.74) is 1.79. The van der Waals surface area contributed by atoms with Crippen LogP contribution in [0.2, 0.25) is 0 Å². The third-order valence-corrected chi connectivity index (χ3v) is 3.07. The van der Waals surface area contributed by atoms with E-state index >= 15 is 0 Å². The van der Waals surface area contributed by atoms with Crippen molar-refractivity contribution in [3.05, 3.63) is 59.4 Å². The molecule has 0 aliphatic rings. The number of nitrogens with zero attached hydrogens (tertiary/aromatic N) is 1. The SMILES string of the molecule is CCNC(C)c1ccn(Cc2cc(F)cc(F)c2)c1. The zero-order chi connectivity index (χ0) is 13.8. The molecule has 0 aliphatic carbocycles. The first-order chi connectivity index (χ1) is 9.08. The molecule has 0 aliphatic heterocycles. The van der Waals surface area contributed by atoms with Crippen LogP contribution in [0, 0.1) is 11.6 Å². The van der Waals surface area contributed by atoms with Gasteiger partial charge in [-0.25, -0.2) is 8.78 Å². The van der Waals surface area contributed by atoms with E-state index in [-0.39, 0.29) is 6.04 Å². The van der Waals surface area contributed by atoms with Crippen molar-refractivity contribution in [2.45, 2.75) is 26.4 Å². The van der Waals surface area contributed by atoms with Gasteiger partial charge >= 0.3 is 0 Å². The van der Waals surface area contributed by atoms with Crippen molar-refractivity contribution in [1.82, 2.24) is 9.88 Å². The molecule has 0 saturated heterocycles. The Morgan fingerprint density at radius 1 is 1.21 bits per heavy atom. The Bertz CT molecular complexity index is 529. The van der Waals surface area contributed by atoms with Crippen molar-refractivity contribution in [3.8, 4) is 0 Å². The number of hydrogen-bond donors (Lipinski definition) is 1. The molecule has 0 fully saturated rings. The summed E-state index contributed by atoms with van der Waals surface area (Å²) in [4.78, 5) is 0. The summed E-state index contributed by atoms with van der Waals surface area (Å²) in [5, 5.41) is 3.32. The summed E-state index contributed by atoms with van der Waals surface area (Å²) in [6.45, 7) is 5.52. The van der Waals surface area contributed by atoms with Gasteiger partial charge in [0.05, 0.1) is 0 Å². The van der Waals surface area contributed by atoms with Crippen molar-refractivity contribution in [2.75, 3.05) is 6.54 Å². The Morgan fingerprint density at radius 3 is 2.53 bits per heavy atom. The molecule has 1 unspecified atom stereocenters. The van der Waals surface area contributed by atoms with Gasteiger partial charge in [0.2, 0.25) is 0 Å². The topological polar surface area (TPSA) is 17.0 Å². The number of halogens is 2. The molecule has 2 aromatic rings. The predicted molar refractivity (Wildman–Crippen MR) is 72.0 cm³/mol. The Labute approximate surface area is 112 Å². The smallest absolute Gasteiger partial charge is 0.126 e. The van der Waals surface area contributed by atoms with E-state index in [1.165, 1.54) is 17.7 Å². The normalized spacial score (nSPS) is 12.6. The van der Waals surface area contributed by atoms with Gasteiger partial charge in [-0.05, 0) is 42.8 Å². The van der Waals surface area contributed by atoms with Gasteiger partial charge in [-0.3, -0.25) is 0 Å². The van der Waals surface area contributed by atoms with Crippen LogP contribution in [-0.2, 0) is 6.54 Å². The first-order valence-electron chi connectivity index (χ1n) is 6.42. The monoisotopic (exact) mass is 264 g/mol. The fourth-order valence-electron chi connectivity index (χ4n) is 2.15. The van der Waals surface area contributed by atoms with E-state index in [1.807, 2.05) is 23.0 Å². The van der Waals surface area contributed by atoms with Crippen molar-refractivity contribution in [1.29, 1.82) is 0 Å². The zero-order valence-corrected chi connectivity index (χ0v) is 11.2. The highest BCUT2D eigenvalue weighted by molar-refractivity contribution is 5.20. The molecule has 0 radical (unpaired) electrons. The second-order valence-corrected chi connectivity index (χ2v) is 4.67. The maximum atomic E-state index is 13.1. The molecule has 2 nitrogen and oxygen atoms in total. The van der Waals surface area contributed by atoms with Crippen LogP contribution >= 0.6 is 0 Å². The maximum absolute atomic E-state index is 13.1. The number of benzene rings is 1. The van der Waals surface area contributed by atoms with Crippen LogP contribution in [0.25, 0.3) is 0 Å². The van der Waals surface area contributed by atoms with E-state index in [0.29, 0.717) is 12.1 Å². The van der Waals surface area contributed by atoms with Gasteiger partial charge in [-0.2, -0.15) is 0 Å². The molecular weight excluding hydrogens is 246 g/mol. The lowest BCUT2D eigenvalue weighted by atomic mass is 10.2. The van der Waals surface area contributed by atoms with Crippen molar-refractivity contribution < 1.29 is 8.78 Å². The minimum Gasteiger partial charge on any atom is -0.350 e. The molecule has 0 spiro atoms.